The highest BCUT2D eigenvalue weighted by Gasteiger charge is 2.34. The van der Waals surface area contributed by atoms with Gasteiger partial charge in [-0.3, -0.25) is 13.9 Å². The van der Waals surface area contributed by atoms with Gasteiger partial charge < -0.3 is 10.2 Å². The molecule has 0 spiro atoms. The van der Waals surface area contributed by atoms with Crippen LogP contribution in [0.25, 0.3) is 0 Å². The predicted octanol–water partition coefficient (Wildman–Crippen LogP) is 6.81. The van der Waals surface area contributed by atoms with E-state index in [-0.39, 0.29) is 45.7 Å². The number of anilines is 1. The molecule has 0 aliphatic heterocycles. The smallest absolute Gasteiger partial charge is 0.244 e. The number of nitrogens with one attached hydrogen (secondary N) is 1. The van der Waals surface area contributed by atoms with Gasteiger partial charge in [0.1, 0.15) is 12.6 Å². The second-order valence-electron chi connectivity index (χ2n) is 11.0. The monoisotopic (exact) mass is 663 g/mol. The first-order valence-corrected chi connectivity index (χ1v) is 17.2. The third kappa shape index (κ3) is 9.11. The lowest BCUT2D eigenvalue weighted by Gasteiger charge is -2.35. The summed E-state index contributed by atoms with van der Waals surface area (Å²) in [7, 11) is -4.01. The number of benzene rings is 3. The van der Waals surface area contributed by atoms with Gasteiger partial charge in [0.25, 0.3) is 0 Å². The molecule has 1 aliphatic carbocycles. The summed E-state index contributed by atoms with van der Waals surface area (Å²) in [6, 6.07) is 18.9. The van der Waals surface area contributed by atoms with Crippen molar-refractivity contribution in [1.29, 1.82) is 0 Å². The molecule has 0 unspecified atom stereocenters. The first kappa shape index (κ1) is 33.1. The van der Waals surface area contributed by atoms with E-state index in [1.54, 1.807) is 0 Å². The average molecular weight is 665 g/mol. The zero-order chi connectivity index (χ0) is 31.1. The molecule has 3 aromatic rings. The van der Waals surface area contributed by atoms with Crippen LogP contribution in [0.2, 0.25) is 15.1 Å². The number of nitrogens with zero attached hydrogens (tertiary/aromatic N) is 2. The van der Waals surface area contributed by atoms with Gasteiger partial charge in [0, 0.05) is 19.0 Å². The molecule has 4 rings (SSSR count). The molecule has 1 fully saturated rings. The molecule has 1 aliphatic rings. The molecular weight excluding hydrogens is 629 g/mol. The molecule has 0 saturated heterocycles. The topological polar surface area (TPSA) is 86.8 Å². The Bertz CT molecular complexity index is 1530. The largest absolute Gasteiger partial charge is 0.352 e. The van der Waals surface area contributed by atoms with Crippen molar-refractivity contribution in [2.45, 2.75) is 64.1 Å². The van der Waals surface area contributed by atoms with E-state index in [2.05, 4.69) is 5.32 Å². The highest BCUT2D eigenvalue weighted by atomic mass is 35.5. The number of hydrogen-bond acceptors (Lipinski definition) is 4. The molecule has 1 saturated carbocycles. The summed E-state index contributed by atoms with van der Waals surface area (Å²) >= 11 is 18.7. The van der Waals surface area contributed by atoms with Gasteiger partial charge in [-0.25, -0.2) is 8.42 Å². The van der Waals surface area contributed by atoms with Gasteiger partial charge in [0.2, 0.25) is 21.8 Å². The lowest BCUT2D eigenvalue weighted by atomic mass is 9.94. The summed E-state index contributed by atoms with van der Waals surface area (Å²) in [5.41, 5.74) is 2.75. The van der Waals surface area contributed by atoms with Crippen LogP contribution in [0.3, 0.4) is 0 Å². The summed E-state index contributed by atoms with van der Waals surface area (Å²) in [5.74, 6) is -0.831. The molecule has 0 bridgehead atoms. The van der Waals surface area contributed by atoms with Crippen molar-refractivity contribution in [3.05, 3.63) is 98.5 Å². The highest BCUT2D eigenvalue weighted by Crippen LogP contribution is 2.35. The SMILES string of the molecule is Cc1ccc(CN(C(=O)CN(c2cc(Cl)c(Cl)cc2Cl)S(C)(=O)=O)[C@@H](Cc2ccccc2)C(=O)NC2CCCCC2)cc1. The Morgan fingerprint density at radius 2 is 1.51 bits per heavy atom. The van der Waals surface area contributed by atoms with E-state index in [1.165, 1.54) is 17.0 Å². The maximum absolute atomic E-state index is 14.3. The van der Waals surface area contributed by atoms with Gasteiger partial charge in [-0.1, -0.05) is 114 Å². The van der Waals surface area contributed by atoms with Crippen molar-refractivity contribution >= 4 is 62.3 Å². The Morgan fingerprint density at radius 1 is 0.884 bits per heavy atom. The number of hydrogen-bond donors (Lipinski definition) is 1. The molecule has 0 radical (unpaired) electrons. The zero-order valence-electron chi connectivity index (χ0n) is 24.2. The minimum atomic E-state index is -4.01. The lowest BCUT2D eigenvalue weighted by Crippen LogP contribution is -2.55. The van der Waals surface area contributed by atoms with Gasteiger partial charge in [-0.15, -0.1) is 0 Å². The van der Waals surface area contributed by atoms with Crippen LogP contribution in [0.4, 0.5) is 5.69 Å². The molecule has 230 valence electrons. The van der Waals surface area contributed by atoms with Crippen LogP contribution in [0, 0.1) is 6.92 Å². The van der Waals surface area contributed by atoms with Gasteiger partial charge in [0.05, 0.1) is 27.0 Å². The van der Waals surface area contributed by atoms with Gasteiger partial charge in [-0.2, -0.15) is 0 Å². The molecule has 11 heteroatoms. The predicted molar refractivity (Wildman–Crippen MR) is 174 cm³/mol. The van der Waals surface area contributed by atoms with E-state index in [9.17, 15) is 18.0 Å². The Hall–Kier alpha value is -2.78. The first-order chi connectivity index (χ1) is 20.4. The van der Waals surface area contributed by atoms with Crippen LogP contribution < -0.4 is 9.62 Å². The van der Waals surface area contributed by atoms with E-state index in [0.717, 1.165) is 59.4 Å². The fourth-order valence-corrected chi connectivity index (χ4v) is 6.83. The highest BCUT2D eigenvalue weighted by molar-refractivity contribution is 7.92. The van der Waals surface area contributed by atoms with Crippen molar-refractivity contribution in [2.75, 3.05) is 17.1 Å². The van der Waals surface area contributed by atoms with Crippen LogP contribution in [0.5, 0.6) is 0 Å². The second-order valence-corrected chi connectivity index (χ2v) is 14.2. The summed E-state index contributed by atoms with van der Waals surface area (Å²) in [6.07, 6.45) is 6.21. The van der Waals surface area contributed by atoms with Crippen molar-refractivity contribution < 1.29 is 18.0 Å². The maximum Gasteiger partial charge on any atom is 0.244 e. The summed E-state index contributed by atoms with van der Waals surface area (Å²) in [6.45, 7) is 1.47. The summed E-state index contributed by atoms with van der Waals surface area (Å²) in [5, 5.41) is 3.45. The first-order valence-electron chi connectivity index (χ1n) is 14.2. The van der Waals surface area contributed by atoms with Crippen LogP contribution >= 0.6 is 34.8 Å². The normalized spacial score (nSPS) is 14.6. The summed E-state index contributed by atoms with van der Waals surface area (Å²) in [4.78, 5) is 29.8. The number of halogens is 3. The molecule has 1 atom stereocenters. The molecule has 0 heterocycles. The minimum Gasteiger partial charge on any atom is -0.352 e. The van der Waals surface area contributed by atoms with Gasteiger partial charge >= 0.3 is 0 Å². The third-order valence-electron chi connectivity index (χ3n) is 7.63. The lowest BCUT2D eigenvalue weighted by molar-refractivity contribution is -0.140. The molecule has 1 N–H and O–H groups in total. The van der Waals surface area contributed by atoms with E-state index >= 15 is 0 Å². The third-order valence-corrected chi connectivity index (χ3v) is 9.79. The van der Waals surface area contributed by atoms with Crippen molar-refractivity contribution in [3.63, 3.8) is 0 Å². The number of carbonyl (C=O) groups is 2. The quantitative estimate of drug-likeness (QED) is 0.228. The van der Waals surface area contributed by atoms with E-state index < -0.39 is 28.5 Å². The number of amides is 2. The van der Waals surface area contributed by atoms with Crippen molar-refractivity contribution in [1.82, 2.24) is 10.2 Å². The molecule has 43 heavy (non-hydrogen) atoms. The van der Waals surface area contributed by atoms with Gasteiger partial charge in [0.15, 0.2) is 0 Å². The fraction of sp³-hybridized carbons (Fsp3) is 0.375. The van der Waals surface area contributed by atoms with Gasteiger partial charge in [-0.05, 0) is 43.0 Å². The number of carbonyl (C=O) groups excluding carboxylic acids is 2. The minimum absolute atomic E-state index is 0.0217. The fourth-order valence-electron chi connectivity index (χ4n) is 5.29. The van der Waals surface area contributed by atoms with Crippen LogP contribution in [0.1, 0.15) is 48.8 Å². The van der Waals surface area contributed by atoms with E-state index in [4.69, 9.17) is 34.8 Å². The van der Waals surface area contributed by atoms with Crippen molar-refractivity contribution in [2.24, 2.45) is 0 Å². The van der Waals surface area contributed by atoms with Crippen molar-refractivity contribution in [3.8, 4) is 0 Å². The zero-order valence-corrected chi connectivity index (χ0v) is 27.3. The Kier molecular flexibility index (Phi) is 11.4. The number of aryl methyl sites for hydroxylation is 1. The standard InChI is InChI=1S/C32H36Cl3N3O4S/c1-22-13-15-24(16-14-22)20-37(31(39)21-38(43(2,41)42)29-19-27(34)26(33)18-28(29)35)30(17-23-9-5-3-6-10-23)32(40)36-25-11-7-4-8-12-25/h3,5-6,9-10,13-16,18-19,25,30H,4,7-8,11-12,17,20-21H2,1-2H3,(H,36,40)/t30-/m0/s1. The van der Waals surface area contributed by atoms with E-state index in [1.807, 2.05) is 61.5 Å². The molecule has 7 nitrogen and oxygen atoms in total. The second kappa shape index (κ2) is 14.8. The number of rotatable bonds is 11. The van der Waals surface area contributed by atoms with Crippen LogP contribution in [-0.2, 0) is 32.6 Å². The molecule has 0 aromatic heterocycles. The Balaban J connectivity index is 1.74. The van der Waals surface area contributed by atoms with E-state index in [0.29, 0.717) is 0 Å². The maximum atomic E-state index is 14.3. The molecule has 2 amide bonds. The average Bonchev–Trinajstić information content (AvgIpc) is 2.97. The molecular formula is C32H36Cl3N3O4S. The Morgan fingerprint density at radius 3 is 2.14 bits per heavy atom. The van der Waals surface area contributed by atoms with Crippen LogP contribution in [-0.4, -0.2) is 50.0 Å². The molecule has 3 aromatic carbocycles. The number of sulfonamides is 1. The Labute approximate surface area is 269 Å². The summed E-state index contributed by atoms with van der Waals surface area (Å²) < 4.78 is 27.0. The van der Waals surface area contributed by atoms with Crippen LogP contribution in [0.15, 0.2) is 66.7 Å².